The summed E-state index contributed by atoms with van der Waals surface area (Å²) in [5.41, 5.74) is 0. The lowest BCUT2D eigenvalue weighted by atomic mass is 9.88. The topological polar surface area (TPSA) is 24.1 Å². The molecule has 0 aromatic heterocycles. The summed E-state index contributed by atoms with van der Waals surface area (Å²) in [6.07, 6.45) is 8.53. The van der Waals surface area contributed by atoms with Crippen molar-refractivity contribution in [1.82, 2.24) is 10.6 Å². The molecule has 3 rings (SSSR count). The second kappa shape index (κ2) is 7.58. The molecule has 3 aliphatic rings. The number of rotatable bonds is 4. The summed E-state index contributed by atoms with van der Waals surface area (Å²) in [4.78, 5) is 0. The predicted octanol–water partition coefficient (Wildman–Crippen LogP) is 2.74. The Morgan fingerprint density at radius 1 is 1.05 bits per heavy atom. The van der Waals surface area contributed by atoms with Crippen LogP contribution in [0.25, 0.3) is 0 Å². The fourth-order valence-electron chi connectivity index (χ4n) is 3.91. The summed E-state index contributed by atoms with van der Waals surface area (Å²) in [5, 5.41) is 8.56. The van der Waals surface area contributed by atoms with Crippen LogP contribution in [0.4, 0.5) is 0 Å². The largest absolute Gasteiger partial charge is 0.314 e. The Hall–Kier alpha value is 0.620. The maximum atomic E-state index is 3.92. The SMILES string of the molecule is C1CCC(C2CCCC2NCC2CSCCS2)NC1. The van der Waals surface area contributed by atoms with Gasteiger partial charge in [0, 0.05) is 41.1 Å². The van der Waals surface area contributed by atoms with Crippen molar-refractivity contribution < 1.29 is 0 Å². The van der Waals surface area contributed by atoms with Crippen molar-refractivity contribution in [3.05, 3.63) is 0 Å². The Bertz CT molecular complexity index is 263. The Morgan fingerprint density at radius 2 is 2.05 bits per heavy atom. The van der Waals surface area contributed by atoms with Gasteiger partial charge in [-0.1, -0.05) is 12.8 Å². The van der Waals surface area contributed by atoms with Crippen molar-refractivity contribution in [2.45, 2.75) is 55.9 Å². The van der Waals surface area contributed by atoms with Gasteiger partial charge < -0.3 is 10.6 Å². The van der Waals surface area contributed by atoms with Crippen LogP contribution in [0.15, 0.2) is 0 Å². The van der Waals surface area contributed by atoms with Gasteiger partial charge >= 0.3 is 0 Å². The molecule has 0 radical (unpaired) electrons. The van der Waals surface area contributed by atoms with E-state index >= 15 is 0 Å². The van der Waals surface area contributed by atoms with E-state index in [2.05, 4.69) is 34.2 Å². The fourth-order valence-corrected chi connectivity index (χ4v) is 6.53. The van der Waals surface area contributed by atoms with E-state index < -0.39 is 0 Å². The Labute approximate surface area is 126 Å². The highest BCUT2D eigenvalue weighted by molar-refractivity contribution is 8.06. The molecule has 2 heterocycles. The molecule has 2 N–H and O–H groups in total. The molecule has 2 aliphatic heterocycles. The van der Waals surface area contributed by atoms with Crippen LogP contribution in [0.2, 0.25) is 0 Å². The summed E-state index contributed by atoms with van der Waals surface area (Å²) in [6.45, 7) is 2.49. The van der Waals surface area contributed by atoms with Crippen LogP contribution in [0.1, 0.15) is 38.5 Å². The van der Waals surface area contributed by atoms with Crippen molar-refractivity contribution in [3.63, 3.8) is 0 Å². The molecule has 0 bridgehead atoms. The third-order valence-corrected chi connectivity index (χ3v) is 7.77. The van der Waals surface area contributed by atoms with Gasteiger partial charge in [-0.05, 0) is 38.1 Å². The van der Waals surface area contributed by atoms with E-state index in [-0.39, 0.29) is 0 Å². The third-order valence-electron chi connectivity index (χ3n) is 4.93. The lowest BCUT2D eigenvalue weighted by Crippen LogP contribution is -2.48. The van der Waals surface area contributed by atoms with Crippen LogP contribution in [0.3, 0.4) is 0 Å². The summed E-state index contributed by atoms with van der Waals surface area (Å²) >= 11 is 4.33. The molecule has 0 amide bonds. The number of thioether (sulfide) groups is 2. The first-order valence-corrected chi connectivity index (χ1v) is 10.3. The van der Waals surface area contributed by atoms with E-state index in [1.807, 2.05) is 0 Å². The van der Waals surface area contributed by atoms with Crippen LogP contribution >= 0.6 is 23.5 Å². The highest BCUT2D eigenvalue weighted by Crippen LogP contribution is 2.32. The Morgan fingerprint density at radius 3 is 2.84 bits per heavy atom. The van der Waals surface area contributed by atoms with Crippen LogP contribution in [0.5, 0.6) is 0 Å². The van der Waals surface area contributed by atoms with Gasteiger partial charge in [-0.25, -0.2) is 0 Å². The molecule has 0 spiro atoms. The summed E-state index contributed by atoms with van der Waals surface area (Å²) in [6, 6.07) is 1.60. The molecule has 1 aliphatic carbocycles. The predicted molar refractivity (Wildman–Crippen MR) is 88.3 cm³/mol. The van der Waals surface area contributed by atoms with E-state index in [9.17, 15) is 0 Å². The molecule has 19 heavy (non-hydrogen) atoms. The zero-order chi connectivity index (χ0) is 12.9. The van der Waals surface area contributed by atoms with Crippen molar-refractivity contribution in [1.29, 1.82) is 0 Å². The summed E-state index contributed by atoms with van der Waals surface area (Å²) < 4.78 is 0. The van der Waals surface area contributed by atoms with Crippen LogP contribution < -0.4 is 10.6 Å². The minimum atomic E-state index is 0.795. The van der Waals surface area contributed by atoms with Gasteiger partial charge in [0.2, 0.25) is 0 Å². The average molecular weight is 301 g/mol. The van der Waals surface area contributed by atoms with Crippen LogP contribution in [-0.4, -0.2) is 47.7 Å². The van der Waals surface area contributed by atoms with Gasteiger partial charge in [-0.3, -0.25) is 0 Å². The third kappa shape index (κ3) is 4.05. The van der Waals surface area contributed by atoms with Crippen molar-refractivity contribution in [2.75, 3.05) is 30.3 Å². The minimum absolute atomic E-state index is 0.795. The maximum Gasteiger partial charge on any atom is 0.0263 e. The Kier molecular flexibility index (Phi) is 5.80. The second-order valence-electron chi connectivity index (χ2n) is 6.23. The molecular formula is C15H28N2S2. The quantitative estimate of drug-likeness (QED) is 0.834. The molecule has 4 atom stereocenters. The molecule has 4 unspecified atom stereocenters. The van der Waals surface area contributed by atoms with Crippen molar-refractivity contribution >= 4 is 23.5 Å². The smallest absolute Gasteiger partial charge is 0.0263 e. The molecule has 0 aromatic rings. The molecule has 3 fully saturated rings. The van der Waals surface area contributed by atoms with Gasteiger partial charge in [0.1, 0.15) is 0 Å². The maximum absolute atomic E-state index is 3.92. The highest BCUT2D eigenvalue weighted by Gasteiger charge is 2.34. The fraction of sp³-hybridized carbons (Fsp3) is 1.00. The molecule has 2 nitrogen and oxygen atoms in total. The molecule has 4 heteroatoms. The molecule has 0 aromatic carbocycles. The highest BCUT2D eigenvalue weighted by atomic mass is 32.2. The van der Waals surface area contributed by atoms with Crippen LogP contribution in [-0.2, 0) is 0 Å². The monoisotopic (exact) mass is 300 g/mol. The van der Waals surface area contributed by atoms with Gasteiger partial charge in [0.15, 0.2) is 0 Å². The van der Waals surface area contributed by atoms with Gasteiger partial charge in [0.05, 0.1) is 0 Å². The number of hydrogen-bond donors (Lipinski definition) is 2. The standard InChI is InChI=1S/C15H28N2S2/c1-2-7-16-14(5-1)13-4-3-6-15(13)17-10-12-11-18-8-9-19-12/h12-17H,1-11H2. The van der Waals surface area contributed by atoms with E-state index in [0.717, 1.165) is 23.3 Å². The second-order valence-corrected chi connectivity index (χ2v) is 8.79. The zero-order valence-corrected chi connectivity index (χ0v) is 13.5. The van der Waals surface area contributed by atoms with Crippen molar-refractivity contribution in [2.24, 2.45) is 5.92 Å². The van der Waals surface area contributed by atoms with E-state index in [1.54, 1.807) is 0 Å². The normalized spacial score (nSPS) is 40.4. The number of piperidine rings is 1. The van der Waals surface area contributed by atoms with E-state index in [1.165, 1.54) is 68.9 Å². The van der Waals surface area contributed by atoms with Gasteiger partial charge in [-0.15, -0.1) is 0 Å². The summed E-state index contributed by atoms with van der Waals surface area (Å²) in [5.74, 6) is 4.98. The first kappa shape index (κ1) is 14.6. The van der Waals surface area contributed by atoms with Crippen molar-refractivity contribution in [3.8, 4) is 0 Å². The average Bonchev–Trinajstić information content (AvgIpc) is 2.95. The molecule has 2 saturated heterocycles. The van der Waals surface area contributed by atoms with Crippen LogP contribution in [0, 0.1) is 5.92 Å². The Balaban J connectivity index is 1.45. The van der Waals surface area contributed by atoms with Gasteiger partial charge in [-0.2, -0.15) is 23.5 Å². The first-order valence-electron chi connectivity index (χ1n) is 8.09. The lowest BCUT2D eigenvalue weighted by molar-refractivity contribution is 0.258. The lowest BCUT2D eigenvalue weighted by Gasteiger charge is -2.34. The summed E-state index contributed by atoms with van der Waals surface area (Å²) in [7, 11) is 0. The number of hydrogen-bond acceptors (Lipinski definition) is 4. The van der Waals surface area contributed by atoms with Gasteiger partial charge in [0.25, 0.3) is 0 Å². The minimum Gasteiger partial charge on any atom is -0.314 e. The van der Waals surface area contributed by atoms with E-state index in [4.69, 9.17) is 0 Å². The first-order chi connectivity index (χ1) is 9.43. The molecular weight excluding hydrogens is 272 g/mol. The molecule has 1 saturated carbocycles. The zero-order valence-electron chi connectivity index (χ0n) is 11.9. The van der Waals surface area contributed by atoms with E-state index in [0.29, 0.717) is 0 Å². The molecule has 110 valence electrons. The number of nitrogens with one attached hydrogen (secondary N) is 2.